The van der Waals surface area contributed by atoms with Gasteiger partial charge in [0.25, 0.3) is 0 Å². The van der Waals surface area contributed by atoms with Crippen LogP contribution in [0.4, 0.5) is 0 Å². The molecule has 2 aromatic rings. The molecule has 1 heterocycles. The first-order chi connectivity index (χ1) is 14.7. The molecule has 3 heteroatoms. The molecule has 1 unspecified atom stereocenters. The van der Waals surface area contributed by atoms with E-state index in [1.807, 2.05) is 12.1 Å². The van der Waals surface area contributed by atoms with Gasteiger partial charge in [0, 0.05) is 31.8 Å². The molecule has 2 aromatic carbocycles. The summed E-state index contributed by atoms with van der Waals surface area (Å²) < 4.78 is 6.51. The van der Waals surface area contributed by atoms with Gasteiger partial charge in [-0.1, -0.05) is 61.9 Å². The third kappa shape index (κ3) is 5.06. The summed E-state index contributed by atoms with van der Waals surface area (Å²) in [7, 11) is 0. The van der Waals surface area contributed by atoms with E-state index in [0.29, 0.717) is 11.8 Å². The van der Waals surface area contributed by atoms with E-state index >= 15 is 0 Å². The maximum Gasteiger partial charge on any atom is 0.222 e. The monoisotopic (exact) mass is 405 g/mol. The number of piperidine rings is 1. The summed E-state index contributed by atoms with van der Waals surface area (Å²) in [6, 6.07) is 18.8. The lowest BCUT2D eigenvalue weighted by molar-refractivity contribution is -0.134. The van der Waals surface area contributed by atoms with Crippen LogP contribution in [-0.4, -0.2) is 30.0 Å². The SMILES string of the molecule is CCCC(CC(=O)N1CC[C@H](Oc2ccccc2C)[C@H](c2ccccc2)C1)C1CC1. The van der Waals surface area contributed by atoms with E-state index in [1.165, 1.54) is 31.2 Å². The fraction of sp³-hybridized carbons (Fsp3) is 0.519. The van der Waals surface area contributed by atoms with E-state index < -0.39 is 0 Å². The summed E-state index contributed by atoms with van der Waals surface area (Å²) in [4.78, 5) is 15.3. The fourth-order valence-electron chi connectivity index (χ4n) is 4.97. The molecule has 160 valence electrons. The molecular formula is C27H35NO2. The molecule has 4 rings (SSSR count). The van der Waals surface area contributed by atoms with Crippen LogP contribution in [0.1, 0.15) is 62.5 Å². The second-order valence-corrected chi connectivity index (χ2v) is 9.16. The number of carbonyl (C=O) groups excluding carboxylic acids is 1. The number of likely N-dealkylation sites (tertiary alicyclic amines) is 1. The Morgan fingerprint density at radius 2 is 1.80 bits per heavy atom. The van der Waals surface area contributed by atoms with Gasteiger partial charge in [0.05, 0.1) is 0 Å². The van der Waals surface area contributed by atoms with Crippen LogP contribution in [0.3, 0.4) is 0 Å². The number of benzene rings is 2. The lowest BCUT2D eigenvalue weighted by Crippen LogP contribution is -2.47. The van der Waals surface area contributed by atoms with Crippen LogP contribution in [0.2, 0.25) is 0 Å². The van der Waals surface area contributed by atoms with Crippen LogP contribution in [0, 0.1) is 18.8 Å². The number of aryl methyl sites for hydroxylation is 1. The highest BCUT2D eigenvalue weighted by atomic mass is 16.5. The Morgan fingerprint density at radius 3 is 2.50 bits per heavy atom. The van der Waals surface area contributed by atoms with Gasteiger partial charge in [-0.25, -0.2) is 0 Å². The number of nitrogens with zero attached hydrogens (tertiary/aromatic N) is 1. The summed E-state index contributed by atoms with van der Waals surface area (Å²) >= 11 is 0. The van der Waals surface area contributed by atoms with E-state index in [4.69, 9.17) is 4.74 Å². The number of ether oxygens (including phenoxy) is 1. The van der Waals surface area contributed by atoms with Crippen LogP contribution in [-0.2, 0) is 4.79 Å². The second kappa shape index (κ2) is 9.68. The molecule has 2 fully saturated rings. The van der Waals surface area contributed by atoms with E-state index in [2.05, 4.69) is 61.2 Å². The fourth-order valence-corrected chi connectivity index (χ4v) is 4.97. The van der Waals surface area contributed by atoms with Gasteiger partial charge < -0.3 is 9.64 Å². The molecule has 2 aliphatic rings. The van der Waals surface area contributed by atoms with Crippen molar-refractivity contribution in [1.29, 1.82) is 0 Å². The first kappa shape index (κ1) is 21.0. The number of para-hydroxylation sites is 1. The number of rotatable bonds is 8. The standard InChI is InChI=1S/C27H35NO2/c1-3-9-23(21-14-15-21)18-27(29)28-17-16-26(30-25-13-8-7-10-20(25)2)24(19-28)22-11-5-4-6-12-22/h4-8,10-13,21,23-24,26H,3,9,14-19H2,1-2H3/t23?,24-,26-/m0/s1. The van der Waals surface area contributed by atoms with Crippen molar-refractivity contribution in [3.63, 3.8) is 0 Å². The molecule has 1 amide bonds. The Balaban J connectivity index is 1.48. The van der Waals surface area contributed by atoms with Gasteiger partial charge in [0.2, 0.25) is 5.91 Å². The highest BCUT2D eigenvalue weighted by molar-refractivity contribution is 5.76. The van der Waals surface area contributed by atoms with Crippen LogP contribution >= 0.6 is 0 Å². The van der Waals surface area contributed by atoms with Crippen LogP contribution in [0.25, 0.3) is 0 Å². The van der Waals surface area contributed by atoms with Crippen molar-refractivity contribution in [2.75, 3.05) is 13.1 Å². The summed E-state index contributed by atoms with van der Waals surface area (Å²) in [5.74, 6) is 2.88. The number of hydrogen-bond acceptors (Lipinski definition) is 2. The van der Waals surface area contributed by atoms with Crippen molar-refractivity contribution in [1.82, 2.24) is 4.90 Å². The Kier molecular flexibility index (Phi) is 6.76. The minimum Gasteiger partial charge on any atom is -0.489 e. The molecule has 0 aromatic heterocycles. The summed E-state index contributed by atoms with van der Waals surface area (Å²) in [5.41, 5.74) is 2.43. The van der Waals surface area contributed by atoms with Crippen molar-refractivity contribution < 1.29 is 9.53 Å². The Labute approximate surface area is 181 Å². The van der Waals surface area contributed by atoms with Crippen molar-refractivity contribution in [2.45, 2.75) is 64.4 Å². The van der Waals surface area contributed by atoms with Crippen molar-refractivity contribution in [3.05, 3.63) is 65.7 Å². The Hall–Kier alpha value is -2.29. The largest absolute Gasteiger partial charge is 0.489 e. The lowest BCUT2D eigenvalue weighted by atomic mass is 9.86. The average molecular weight is 406 g/mol. The molecule has 3 atom stereocenters. The highest BCUT2D eigenvalue weighted by Crippen LogP contribution is 2.41. The van der Waals surface area contributed by atoms with E-state index in [-0.39, 0.29) is 12.0 Å². The van der Waals surface area contributed by atoms with Crippen molar-refractivity contribution in [3.8, 4) is 5.75 Å². The van der Waals surface area contributed by atoms with E-state index in [0.717, 1.165) is 43.2 Å². The van der Waals surface area contributed by atoms with Crippen LogP contribution < -0.4 is 4.74 Å². The summed E-state index contributed by atoms with van der Waals surface area (Å²) in [6.45, 7) is 5.88. The lowest BCUT2D eigenvalue weighted by Gasteiger charge is -2.39. The summed E-state index contributed by atoms with van der Waals surface area (Å²) in [5, 5.41) is 0. The predicted octanol–water partition coefficient (Wildman–Crippen LogP) is 5.97. The Morgan fingerprint density at radius 1 is 1.07 bits per heavy atom. The van der Waals surface area contributed by atoms with Gasteiger partial charge in [0.15, 0.2) is 0 Å². The zero-order chi connectivity index (χ0) is 20.9. The highest BCUT2D eigenvalue weighted by Gasteiger charge is 2.37. The van der Waals surface area contributed by atoms with Gasteiger partial charge >= 0.3 is 0 Å². The number of carbonyl (C=O) groups is 1. The third-order valence-corrected chi connectivity index (χ3v) is 6.89. The topological polar surface area (TPSA) is 29.5 Å². The first-order valence-corrected chi connectivity index (χ1v) is 11.7. The number of amides is 1. The molecule has 3 nitrogen and oxygen atoms in total. The maximum atomic E-state index is 13.2. The normalized spacial score (nSPS) is 22.5. The van der Waals surface area contributed by atoms with E-state index in [1.54, 1.807) is 0 Å². The third-order valence-electron chi connectivity index (χ3n) is 6.89. The van der Waals surface area contributed by atoms with Gasteiger partial charge in [0.1, 0.15) is 11.9 Å². The average Bonchev–Trinajstić information content (AvgIpc) is 3.61. The molecule has 1 aliphatic carbocycles. The van der Waals surface area contributed by atoms with Gasteiger partial charge in [-0.15, -0.1) is 0 Å². The number of hydrogen-bond donors (Lipinski definition) is 0. The summed E-state index contributed by atoms with van der Waals surface area (Å²) in [6.07, 6.45) is 6.68. The zero-order valence-electron chi connectivity index (χ0n) is 18.4. The molecule has 0 spiro atoms. The van der Waals surface area contributed by atoms with E-state index in [9.17, 15) is 4.79 Å². The predicted molar refractivity (Wildman–Crippen MR) is 122 cm³/mol. The molecular weight excluding hydrogens is 370 g/mol. The van der Waals surface area contributed by atoms with Gasteiger partial charge in [-0.2, -0.15) is 0 Å². The second-order valence-electron chi connectivity index (χ2n) is 9.16. The minimum atomic E-state index is 0.0902. The van der Waals surface area contributed by atoms with Gasteiger partial charge in [-0.05, 0) is 55.2 Å². The van der Waals surface area contributed by atoms with Crippen molar-refractivity contribution in [2.24, 2.45) is 11.8 Å². The molecule has 1 aliphatic heterocycles. The molecule has 0 bridgehead atoms. The molecule has 1 saturated heterocycles. The molecule has 1 saturated carbocycles. The maximum absolute atomic E-state index is 13.2. The zero-order valence-corrected chi connectivity index (χ0v) is 18.4. The first-order valence-electron chi connectivity index (χ1n) is 11.7. The van der Waals surface area contributed by atoms with Crippen LogP contribution in [0.15, 0.2) is 54.6 Å². The molecule has 0 radical (unpaired) electrons. The van der Waals surface area contributed by atoms with Gasteiger partial charge in [-0.3, -0.25) is 4.79 Å². The quantitative estimate of drug-likeness (QED) is 0.541. The smallest absolute Gasteiger partial charge is 0.222 e. The minimum absolute atomic E-state index is 0.0902. The molecule has 0 N–H and O–H groups in total. The van der Waals surface area contributed by atoms with Crippen molar-refractivity contribution >= 4 is 5.91 Å². The molecule has 30 heavy (non-hydrogen) atoms. The van der Waals surface area contributed by atoms with Crippen LogP contribution in [0.5, 0.6) is 5.75 Å². The Bertz CT molecular complexity index is 830.